The van der Waals surface area contributed by atoms with Crippen molar-refractivity contribution >= 4 is 34.5 Å². The van der Waals surface area contributed by atoms with Gasteiger partial charge in [0, 0.05) is 6.07 Å². The van der Waals surface area contributed by atoms with Crippen LogP contribution in [0.4, 0.5) is 14.5 Å². The molecule has 0 aliphatic heterocycles. The van der Waals surface area contributed by atoms with Crippen molar-refractivity contribution < 1.29 is 13.5 Å². The molecule has 0 bridgehead atoms. The zero-order chi connectivity index (χ0) is 19.2. The Morgan fingerprint density at radius 2 is 1.78 bits per heavy atom. The summed E-state index contributed by atoms with van der Waals surface area (Å²) in [6, 6.07) is 11.9. The first-order valence-corrected chi connectivity index (χ1v) is 9.97. The molecule has 27 heavy (non-hydrogen) atoms. The molecule has 7 heteroatoms. The molecule has 2 N–H and O–H groups in total. The Bertz CT molecular complexity index is 790. The third kappa shape index (κ3) is 5.31. The summed E-state index contributed by atoms with van der Waals surface area (Å²) in [5.74, 6) is 0.636. The minimum atomic E-state index is -0.641. The summed E-state index contributed by atoms with van der Waals surface area (Å²) in [6.07, 6.45) is 4.04. The highest BCUT2D eigenvalue weighted by molar-refractivity contribution is 14.1. The second-order valence-corrected chi connectivity index (χ2v) is 7.14. The lowest BCUT2D eigenvalue weighted by molar-refractivity contribution is 0.395. The number of nitrogens with one attached hydrogen (secondary N) is 2. The summed E-state index contributed by atoms with van der Waals surface area (Å²) in [5, 5.41) is 2.90. The molecule has 0 heterocycles. The van der Waals surface area contributed by atoms with E-state index >= 15 is 0 Å². The maximum absolute atomic E-state index is 13.8. The molecule has 1 aliphatic carbocycles. The fraction of sp³-hybridized carbons (Fsp3) is 0.350. The van der Waals surface area contributed by atoms with Gasteiger partial charge >= 0.3 is 0 Å². The first kappa shape index (κ1) is 19.9. The number of nitrogens with zero attached hydrogens (tertiary/aromatic N) is 1. The second-order valence-electron chi connectivity index (χ2n) is 6.60. The van der Waals surface area contributed by atoms with Gasteiger partial charge in [-0.3, -0.25) is 3.53 Å². The molecular formula is C20H22F2IN3O. The number of methoxy groups -OCH3 is 1. The third-order valence-corrected chi connectivity index (χ3v) is 5.38. The summed E-state index contributed by atoms with van der Waals surface area (Å²) >= 11 is 1.96. The van der Waals surface area contributed by atoms with Crippen LogP contribution in [-0.4, -0.2) is 19.1 Å². The van der Waals surface area contributed by atoms with Crippen LogP contribution in [0, 0.1) is 11.6 Å². The highest BCUT2D eigenvalue weighted by Crippen LogP contribution is 2.34. The Morgan fingerprint density at radius 1 is 1.07 bits per heavy atom. The quantitative estimate of drug-likeness (QED) is 0.264. The fourth-order valence-corrected chi connectivity index (χ4v) is 3.67. The summed E-state index contributed by atoms with van der Waals surface area (Å²) in [7, 11) is 1.67. The summed E-state index contributed by atoms with van der Waals surface area (Å²) in [4.78, 5) is 4.67. The van der Waals surface area contributed by atoms with E-state index in [0.717, 1.165) is 37.5 Å². The molecular weight excluding hydrogens is 463 g/mol. The van der Waals surface area contributed by atoms with Gasteiger partial charge in [0.05, 0.1) is 41.7 Å². The van der Waals surface area contributed by atoms with Crippen LogP contribution in [0.5, 0.6) is 5.75 Å². The lowest BCUT2D eigenvalue weighted by atomic mass is 9.82. The molecule has 0 radical (unpaired) electrons. The van der Waals surface area contributed by atoms with Gasteiger partial charge in [0.15, 0.2) is 0 Å². The molecule has 0 aromatic heterocycles. The Morgan fingerprint density at radius 3 is 2.37 bits per heavy atom. The van der Waals surface area contributed by atoms with Crippen molar-refractivity contribution in [3.63, 3.8) is 0 Å². The zero-order valence-electron chi connectivity index (χ0n) is 15.0. The number of hydrogen-bond acceptors (Lipinski definition) is 2. The predicted molar refractivity (Wildman–Crippen MR) is 113 cm³/mol. The number of anilines is 1. The van der Waals surface area contributed by atoms with Gasteiger partial charge in [-0.25, -0.2) is 13.8 Å². The zero-order valence-corrected chi connectivity index (χ0v) is 17.2. The van der Waals surface area contributed by atoms with E-state index in [9.17, 15) is 8.78 Å². The summed E-state index contributed by atoms with van der Waals surface area (Å²) in [5.41, 5.74) is 1.53. The van der Waals surface area contributed by atoms with Crippen LogP contribution < -0.4 is 13.6 Å². The standard InChI is InChI=1S/C20H22F2IN3O/c1-27-17-9-4-14(5-10-17)13-2-7-16(8-3-13)24-20(26-23)25-19-11-6-15(21)12-18(19)22/h4-6,9-13,16H,2-3,7-8H2,1H3,(H2,24,25,26). The molecule has 1 aliphatic rings. The lowest BCUT2D eigenvalue weighted by Crippen LogP contribution is -2.27. The topological polar surface area (TPSA) is 45.6 Å². The van der Waals surface area contributed by atoms with E-state index < -0.39 is 11.6 Å². The van der Waals surface area contributed by atoms with E-state index in [2.05, 4.69) is 26.0 Å². The van der Waals surface area contributed by atoms with E-state index in [1.54, 1.807) is 7.11 Å². The van der Waals surface area contributed by atoms with Crippen LogP contribution in [0.1, 0.15) is 37.2 Å². The van der Waals surface area contributed by atoms with E-state index in [1.807, 2.05) is 35.0 Å². The smallest absolute Gasteiger partial charge is 0.205 e. The number of aliphatic imine (C=N–C) groups is 1. The first-order chi connectivity index (χ1) is 13.1. The van der Waals surface area contributed by atoms with E-state index in [-0.39, 0.29) is 11.7 Å². The van der Waals surface area contributed by atoms with E-state index in [4.69, 9.17) is 4.74 Å². The highest BCUT2D eigenvalue weighted by Gasteiger charge is 2.22. The lowest BCUT2D eigenvalue weighted by Gasteiger charge is -2.27. The van der Waals surface area contributed by atoms with Crippen LogP contribution in [0.15, 0.2) is 47.5 Å². The Kier molecular flexibility index (Phi) is 6.87. The maximum atomic E-state index is 13.8. The van der Waals surface area contributed by atoms with Gasteiger partial charge < -0.3 is 10.1 Å². The van der Waals surface area contributed by atoms with Gasteiger partial charge in [0.25, 0.3) is 0 Å². The molecule has 0 atom stereocenters. The first-order valence-electron chi connectivity index (χ1n) is 8.89. The Balaban J connectivity index is 1.60. The molecule has 1 fully saturated rings. The monoisotopic (exact) mass is 485 g/mol. The molecule has 0 saturated heterocycles. The molecule has 144 valence electrons. The minimum Gasteiger partial charge on any atom is -0.497 e. The molecule has 4 nitrogen and oxygen atoms in total. The summed E-state index contributed by atoms with van der Waals surface area (Å²) < 4.78 is 35.0. The van der Waals surface area contributed by atoms with Crippen molar-refractivity contribution in [2.45, 2.75) is 37.6 Å². The maximum Gasteiger partial charge on any atom is 0.205 e. The van der Waals surface area contributed by atoms with Crippen LogP contribution in [0.25, 0.3) is 0 Å². The van der Waals surface area contributed by atoms with Gasteiger partial charge in [-0.2, -0.15) is 0 Å². The van der Waals surface area contributed by atoms with E-state index in [0.29, 0.717) is 11.9 Å². The average Bonchev–Trinajstić information content (AvgIpc) is 2.70. The van der Waals surface area contributed by atoms with Crippen molar-refractivity contribution in [3.05, 3.63) is 59.7 Å². The minimum absolute atomic E-state index is 0.174. The number of guanidine groups is 1. The van der Waals surface area contributed by atoms with Crippen molar-refractivity contribution in [1.82, 2.24) is 3.53 Å². The van der Waals surface area contributed by atoms with Gasteiger partial charge in [-0.05, 0) is 61.4 Å². The SMILES string of the molecule is COc1ccc(C2CCC(N=C(NI)Nc3ccc(F)cc3F)CC2)cc1. The van der Waals surface area contributed by atoms with Gasteiger partial charge in [0.1, 0.15) is 17.4 Å². The molecule has 2 aromatic rings. The molecule has 3 rings (SSSR count). The second kappa shape index (κ2) is 9.34. The molecule has 0 unspecified atom stereocenters. The number of hydrogen-bond donors (Lipinski definition) is 2. The molecule has 1 saturated carbocycles. The van der Waals surface area contributed by atoms with Crippen LogP contribution >= 0.6 is 22.9 Å². The Labute approximate surface area is 171 Å². The number of rotatable bonds is 4. The largest absolute Gasteiger partial charge is 0.497 e. The van der Waals surface area contributed by atoms with Gasteiger partial charge in [-0.15, -0.1) is 0 Å². The van der Waals surface area contributed by atoms with Crippen molar-refractivity contribution in [2.24, 2.45) is 4.99 Å². The number of ether oxygens (including phenoxy) is 1. The normalized spacial score (nSPS) is 20.2. The number of halogens is 3. The van der Waals surface area contributed by atoms with Crippen LogP contribution in [0.2, 0.25) is 0 Å². The van der Waals surface area contributed by atoms with E-state index in [1.165, 1.54) is 17.7 Å². The van der Waals surface area contributed by atoms with Crippen molar-refractivity contribution in [3.8, 4) is 5.75 Å². The third-order valence-electron chi connectivity index (χ3n) is 4.87. The molecule has 0 amide bonds. The summed E-state index contributed by atoms with van der Waals surface area (Å²) in [6.45, 7) is 0. The molecule has 2 aromatic carbocycles. The van der Waals surface area contributed by atoms with Crippen LogP contribution in [0.3, 0.4) is 0 Å². The predicted octanol–water partition coefficient (Wildman–Crippen LogP) is 5.41. The highest BCUT2D eigenvalue weighted by atomic mass is 127. The molecule has 0 spiro atoms. The number of benzene rings is 2. The van der Waals surface area contributed by atoms with Crippen molar-refractivity contribution in [1.29, 1.82) is 0 Å². The van der Waals surface area contributed by atoms with Gasteiger partial charge in [0.2, 0.25) is 5.96 Å². The van der Waals surface area contributed by atoms with Crippen LogP contribution in [-0.2, 0) is 0 Å². The Hall–Kier alpha value is -1.90. The van der Waals surface area contributed by atoms with Gasteiger partial charge in [-0.1, -0.05) is 12.1 Å². The average molecular weight is 485 g/mol. The van der Waals surface area contributed by atoms with Crippen molar-refractivity contribution in [2.75, 3.05) is 12.4 Å². The fourth-order valence-electron chi connectivity index (χ4n) is 3.40.